The molecule has 2 aromatic carbocycles. The van der Waals surface area contributed by atoms with Crippen LogP contribution in [0.2, 0.25) is 0 Å². The van der Waals surface area contributed by atoms with E-state index in [-0.39, 0.29) is 22.6 Å². The highest BCUT2D eigenvalue weighted by Gasteiger charge is 2.19. The summed E-state index contributed by atoms with van der Waals surface area (Å²) in [5.41, 5.74) is 2.40. The number of nitrogens with zero attached hydrogens (tertiary/aromatic N) is 4. The van der Waals surface area contributed by atoms with E-state index in [1.807, 2.05) is 54.9 Å². The highest BCUT2D eigenvalue weighted by atomic mass is 32.2. The SMILES string of the molecule is COC(=O)c1ccc(C(=O)OC)c(NC(=O)CSc2nnc(-c3cccc(N(C)C)c3)n2C)c1. The van der Waals surface area contributed by atoms with Gasteiger partial charge in [0.25, 0.3) is 0 Å². The Morgan fingerprint density at radius 1 is 1.03 bits per heavy atom. The maximum atomic E-state index is 12.6. The van der Waals surface area contributed by atoms with Gasteiger partial charge in [0.2, 0.25) is 5.91 Å². The lowest BCUT2D eigenvalue weighted by Gasteiger charge is -2.13. The Labute approximate surface area is 201 Å². The van der Waals surface area contributed by atoms with Gasteiger partial charge in [0.1, 0.15) is 0 Å². The minimum Gasteiger partial charge on any atom is -0.465 e. The summed E-state index contributed by atoms with van der Waals surface area (Å²) in [4.78, 5) is 38.6. The van der Waals surface area contributed by atoms with Gasteiger partial charge in [-0.2, -0.15) is 0 Å². The fraction of sp³-hybridized carbons (Fsp3) is 0.261. The van der Waals surface area contributed by atoms with Crippen molar-refractivity contribution >= 4 is 41.0 Å². The van der Waals surface area contributed by atoms with Crippen LogP contribution in [0.4, 0.5) is 11.4 Å². The second kappa shape index (κ2) is 10.8. The number of nitrogens with one attached hydrogen (secondary N) is 1. The first-order chi connectivity index (χ1) is 16.2. The monoisotopic (exact) mass is 483 g/mol. The van der Waals surface area contributed by atoms with Gasteiger partial charge in [-0.1, -0.05) is 23.9 Å². The second-order valence-electron chi connectivity index (χ2n) is 7.39. The van der Waals surface area contributed by atoms with Crippen LogP contribution in [-0.4, -0.2) is 66.7 Å². The Bertz CT molecular complexity index is 1220. The molecule has 10 nitrogen and oxygen atoms in total. The summed E-state index contributed by atoms with van der Waals surface area (Å²) >= 11 is 1.19. The first-order valence-electron chi connectivity index (χ1n) is 10.2. The summed E-state index contributed by atoms with van der Waals surface area (Å²) in [5.74, 6) is -0.947. The zero-order chi connectivity index (χ0) is 24.8. The van der Waals surface area contributed by atoms with Crippen LogP contribution in [0.25, 0.3) is 11.4 Å². The molecule has 0 aliphatic rings. The highest BCUT2D eigenvalue weighted by Crippen LogP contribution is 2.26. The minimum absolute atomic E-state index is 0.00672. The molecule has 1 heterocycles. The first kappa shape index (κ1) is 24.8. The molecule has 11 heteroatoms. The van der Waals surface area contributed by atoms with Crippen molar-refractivity contribution in [2.24, 2.45) is 7.05 Å². The van der Waals surface area contributed by atoms with Gasteiger partial charge in [-0.05, 0) is 30.3 Å². The number of aromatic nitrogens is 3. The van der Waals surface area contributed by atoms with E-state index < -0.39 is 17.8 Å². The molecule has 0 saturated heterocycles. The summed E-state index contributed by atoms with van der Waals surface area (Å²) in [6.45, 7) is 0. The zero-order valence-corrected chi connectivity index (χ0v) is 20.3. The van der Waals surface area contributed by atoms with E-state index >= 15 is 0 Å². The van der Waals surface area contributed by atoms with Crippen molar-refractivity contribution in [1.82, 2.24) is 14.8 Å². The first-order valence-corrected chi connectivity index (χ1v) is 11.1. The normalized spacial score (nSPS) is 10.5. The maximum Gasteiger partial charge on any atom is 0.339 e. The van der Waals surface area contributed by atoms with Gasteiger partial charge in [-0.3, -0.25) is 4.79 Å². The van der Waals surface area contributed by atoms with Crippen LogP contribution in [0.1, 0.15) is 20.7 Å². The van der Waals surface area contributed by atoms with Gasteiger partial charge in [-0.15, -0.1) is 10.2 Å². The zero-order valence-electron chi connectivity index (χ0n) is 19.5. The molecule has 3 aromatic rings. The number of esters is 2. The maximum absolute atomic E-state index is 12.6. The summed E-state index contributed by atoms with van der Waals surface area (Å²) in [5, 5.41) is 11.7. The third kappa shape index (κ3) is 5.54. The lowest BCUT2D eigenvalue weighted by Crippen LogP contribution is -2.18. The topological polar surface area (TPSA) is 116 Å². The third-order valence-electron chi connectivity index (χ3n) is 4.91. The average Bonchev–Trinajstić information content (AvgIpc) is 3.21. The number of methoxy groups -OCH3 is 2. The minimum atomic E-state index is -0.641. The van der Waals surface area contributed by atoms with Crippen molar-refractivity contribution in [2.75, 3.05) is 44.3 Å². The predicted molar refractivity (Wildman–Crippen MR) is 129 cm³/mol. The smallest absolute Gasteiger partial charge is 0.339 e. The van der Waals surface area contributed by atoms with Gasteiger partial charge < -0.3 is 24.3 Å². The molecule has 1 N–H and O–H groups in total. The van der Waals surface area contributed by atoms with E-state index in [0.29, 0.717) is 11.0 Å². The predicted octanol–water partition coefficient (Wildman–Crippen LogP) is 2.85. The standard InChI is InChI=1S/C23H25N5O5S/c1-27(2)16-8-6-7-14(11-16)20-25-26-23(28(20)3)34-13-19(29)24-18-12-15(21(30)32-4)9-10-17(18)22(31)33-5/h6-12H,13H2,1-5H3,(H,24,29). The molecule has 0 atom stereocenters. The van der Waals surface area contributed by atoms with Crippen molar-refractivity contribution in [1.29, 1.82) is 0 Å². The Hall–Kier alpha value is -3.86. The Balaban J connectivity index is 1.74. The van der Waals surface area contributed by atoms with Crippen LogP contribution in [0, 0.1) is 0 Å². The van der Waals surface area contributed by atoms with Crippen molar-refractivity contribution in [3.8, 4) is 11.4 Å². The molecule has 0 saturated carbocycles. The molecular formula is C23H25N5O5S. The molecule has 0 aliphatic carbocycles. The van der Waals surface area contributed by atoms with Crippen molar-refractivity contribution in [2.45, 2.75) is 5.16 Å². The number of hydrogen-bond donors (Lipinski definition) is 1. The van der Waals surface area contributed by atoms with Crippen LogP contribution in [0.3, 0.4) is 0 Å². The van der Waals surface area contributed by atoms with Gasteiger partial charge in [0, 0.05) is 32.4 Å². The molecule has 0 radical (unpaired) electrons. The molecule has 0 aliphatic heterocycles. The summed E-state index contributed by atoms with van der Waals surface area (Å²) in [7, 11) is 8.23. The van der Waals surface area contributed by atoms with Crippen LogP contribution >= 0.6 is 11.8 Å². The van der Waals surface area contributed by atoms with Crippen LogP contribution in [0.15, 0.2) is 47.6 Å². The van der Waals surface area contributed by atoms with E-state index in [0.717, 1.165) is 11.3 Å². The molecule has 1 amide bonds. The molecule has 0 spiro atoms. The van der Waals surface area contributed by atoms with Gasteiger partial charge in [0.05, 0.1) is 36.8 Å². The number of carbonyl (C=O) groups is 3. The number of thioether (sulfide) groups is 1. The third-order valence-corrected chi connectivity index (χ3v) is 5.93. The van der Waals surface area contributed by atoms with Crippen LogP contribution < -0.4 is 10.2 Å². The van der Waals surface area contributed by atoms with Crippen LogP contribution in [-0.2, 0) is 21.3 Å². The number of ether oxygens (including phenoxy) is 2. The molecule has 0 bridgehead atoms. The van der Waals surface area contributed by atoms with Gasteiger partial charge in [-0.25, -0.2) is 9.59 Å². The van der Waals surface area contributed by atoms with E-state index in [9.17, 15) is 14.4 Å². The quantitative estimate of drug-likeness (QED) is 0.381. The molecule has 0 unspecified atom stereocenters. The Kier molecular flexibility index (Phi) is 7.90. The number of hydrogen-bond acceptors (Lipinski definition) is 9. The molecule has 1 aromatic heterocycles. The van der Waals surface area contributed by atoms with Crippen molar-refractivity contribution in [3.63, 3.8) is 0 Å². The van der Waals surface area contributed by atoms with E-state index in [1.54, 1.807) is 0 Å². The molecular weight excluding hydrogens is 458 g/mol. The van der Waals surface area contributed by atoms with E-state index in [1.165, 1.54) is 44.2 Å². The van der Waals surface area contributed by atoms with Crippen LogP contribution in [0.5, 0.6) is 0 Å². The van der Waals surface area contributed by atoms with Crippen molar-refractivity contribution < 1.29 is 23.9 Å². The molecule has 3 rings (SSSR count). The Morgan fingerprint density at radius 3 is 2.44 bits per heavy atom. The van der Waals surface area contributed by atoms with Crippen molar-refractivity contribution in [3.05, 3.63) is 53.6 Å². The highest BCUT2D eigenvalue weighted by molar-refractivity contribution is 7.99. The fourth-order valence-corrected chi connectivity index (χ4v) is 3.82. The largest absolute Gasteiger partial charge is 0.465 e. The average molecular weight is 484 g/mol. The van der Waals surface area contributed by atoms with E-state index in [2.05, 4.69) is 15.5 Å². The molecule has 34 heavy (non-hydrogen) atoms. The fourth-order valence-electron chi connectivity index (χ4n) is 3.11. The number of rotatable bonds is 8. The molecule has 0 fully saturated rings. The number of anilines is 2. The van der Waals surface area contributed by atoms with E-state index in [4.69, 9.17) is 9.47 Å². The summed E-state index contributed by atoms with van der Waals surface area (Å²) < 4.78 is 11.3. The second-order valence-corrected chi connectivity index (χ2v) is 8.33. The summed E-state index contributed by atoms with van der Waals surface area (Å²) in [6.07, 6.45) is 0. The summed E-state index contributed by atoms with van der Waals surface area (Å²) in [6, 6.07) is 12.1. The number of amides is 1. The number of benzene rings is 2. The lowest BCUT2D eigenvalue weighted by molar-refractivity contribution is -0.113. The number of carbonyl (C=O) groups excluding carboxylic acids is 3. The lowest BCUT2D eigenvalue weighted by atomic mass is 10.1. The van der Waals surface area contributed by atoms with Gasteiger partial charge in [0.15, 0.2) is 11.0 Å². The molecule has 178 valence electrons. The van der Waals surface area contributed by atoms with Gasteiger partial charge >= 0.3 is 11.9 Å². The Morgan fingerprint density at radius 2 is 1.76 bits per heavy atom.